The lowest BCUT2D eigenvalue weighted by Gasteiger charge is -2.23. The third-order valence-corrected chi connectivity index (χ3v) is 4.96. The molecule has 28 heavy (non-hydrogen) atoms. The minimum absolute atomic E-state index is 0.207. The van der Waals surface area contributed by atoms with Crippen molar-refractivity contribution in [2.24, 2.45) is 5.73 Å². The number of carbonyl (C=O) groups is 1. The van der Waals surface area contributed by atoms with Crippen molar-refractivity contribution < 1.29 is 9.18 Å². The van der Waals surface area contributed by atoms with Crippen LogP contribution in [-0.2, 0) is 24.4 Å². The first-order chi connectivity index (χ1) is 13.5. The summed E-state index contributed by atoms with van der Waals surface area (Å²) in [6.45, 7) is 0.820. The molecule has 0 unspecified atom stereocenters. The van der Waals surface area contributed by atoms with Crippen LogP contribution < -0.4 is 11.3 Å². The Morgan fingerprint density at radius 3 is 2.54 bits per heavy atom. The van der Waals surface area contributed by atoms with Gasteiger partial charge in [0.25, 0.3) is 5.56 Å². The minimum atomic E-state index is -0.586. The normalized spacial score (nSPS) is 13.9. The molecule has 0 saturated heterocycles. The molecule has 0 spiro atoms. The number of amides is 1. The number of carbonyl (C=O) groups excluding carboxylic acids is 1. The van der Waals surface area contributed by atoms with Crippen LogP contribution in [0.1, 0.15) is 24.2 Å². The van der Waals surface area contributed by atoms with Crippen LogP contribution in [0, 0.1) is 5.82 Å². The number of halogens is 1. The summed E-state index contributed by atoms with van der Waals surface area (Å²) in [5.41, 5.74) is 6.69. The fourth-order valence-electron chi connectivity index (χ4n) is 3.41. The first-order valence-corrected chi connectivity index (χ1v) is 9.26. The smallest absolute Gasteiger partial charge is 0.261 e. The Hall–Kier alpha value is -3.06. The molecule has 1 aromatic heterocycles. The zero-order valence-corrected chi connectivity index (χ0v) is 15.3. The molecule has 1 saturated carbocycles. The van der Waals surface area contributed by atoms with Crippen LogP contribution >= 0.6 is 0 Å². The fraction of sp³-hybridized carbons (Fsp3) is 0.286. The van der Waals surface area contributed by atoms with Crippen molar-refractivity contribution in [3.05, 3.63) is 76.1 Å². The number of fused-ring (bicyclic) bond motifs is 1. The van der Waals surface area contributed by atoms with Crippen molar-refractivity contribution in [2.45, 2.75) is 38.5 Å². The molecule has 1 amide bonds. The molecule has 1 aliphatic rings. The number of rotatable bonds is 7. The van der Waals surface area contributed by atoms with Crippen molar-refractivity contribution in [2.75, 3.05) is 0 Å². The van der Waals surface area contributed by atoms with E-state index in [1.54, 1.807) is 30.3 Å². The van der Waals surface area contributed by atoms with Crippen molar-refractivity contribution in [1.29, 1.82) is 0 Å². The standard InChI is InChI=1S/C21H21FN4O2/c22-15-7-5-14(6-8-15)11-25(16-9-10-16)13-20-24-18-4-2-1-3-17(18)21(28)26(20)12-19(23)27/h1-8,16H,9-13H2,(H2,23,27). The molecule has 2 aromatic carbocycles. The molecule has 1 heterocycles. The average molecular weight is 380 g/mol. The van der Waals surface area contributed by atoms with Gasteiger partial charge in [-0.15, -0.1) is 0 Å². The second-order valence-corrected chi connectivity index (χ2v) is 7.17. The van der Waals surface area contributed by atoms with Crippen LogP contribution in [0.15, 0.2) is 53.3 Å². The Morgan fingerprint density at radius 2 is 1.86 bits per heavy atom. The average Bonchev–Trinajstić information content (AvgIpc) is 3.51. The van der Waals surface area contributed by atoms with Gasteiger partial charge in [-0.2, -0.15) is 0 Å². The third-order valence-electron chi connectivity index (χ3n) is 4.96. The highest BCUT2D eigenvalue weighted by Crippen LogP contribution is 2.29. The molecule has 1 aliphatic carbocycles. The number of nitrogens with zero attached hydrogens (tertiary/aromatic N) is 3. The van der Waals surface area contributed by atoms with Crippen molar-refractivity contribution in [3.63, 3.8) is 0 Å². The van der Waals surface area contributed by atoms with Gasteiger partial charge < -0.3 is 5.73 Å². The lowest BCUT2D eigenvalue weighted by molar-refractivity contribution is -0.118. The first-order valence-electron chi connectivity index (χ1n) is 9.26. The summed E-state index contributed by atoms with van der Waals surface area (Å²) in [5.74, 6) is -0.346. The molecule has 0 aliphatic heterocycles. The summed E-state index contributed by atoms with van der Waals surface area (Å²) in [4.78, 5) is 31.3. The Labute approximate surface area is 161 Å². The van der Waals surface area contributed by atoms with E-state index in [4.69, 9.17) is 5.73 Å². The van der Waals surface area contributed by atoms with Gasteiger partial charge >= 0.3 is 0 Å². The Balaban J connectivity index is 1.70. The van der Waals surface area contributed by atoms with Crippen LogP contribution in [0.25, 0.3) is 10.9 Å². The molecule has 144 valence electrons. The first kappa shape index (κ1) is 18.3. The molecule has 7 heteroatoms. The van der Waals surface area contributed by atoms with Crippen LogP contribution in [0.2, 0.25) is 0 Å². The number of hydrogen-bond acceptors (Lipinski definition) is 4. The van der Waals surface area contributed by atoms with E-state index in [1.807, 2.05) is 6.07 Å². The summed E-state index contributed by atoms with van der Waals surface area (Å²) in [6, 6.07) is 13.9. The molecule has 3 aromatic rings. The van der Waals surface area contributed by atoms with Crippen LogP contribution in [0.3, 0.4) is 0 Å². The van der Waals surface area contributed by atoms with E-state index >= 15 is 0 Å². The predicted octanol–water partition coefficient (Wildman–Crippen LogP) is 2.19. The zero-order chi connectivity index (χ0) is 19.7. The largest absolute Gasteiger partial charge is 0.368 e. The Bertz CT molecular complexity index is 1070. The van der Waals surface area contributed by atoms with Crippen molar-refractivity contribution in [1.82, 2.24) is 14.5 Å². The van der Waals surface area contributed by atoms with Gasteiger partial charge in [0.1, 0.15) is 18.2 Å². The molecule has 1 fully saturated rings. The highest BCUT2D eigenvalue weighted by molar-refractivity contribution is 5.78. The van der Waals surface area contributed by atoms with Gasteiger partial charge in [0, 0.05) is 12.6 Å². The summed E-state index contributed by atoms with van der Waals surface area (Å²) in [5, 5.41) is 0.462. The second-order valence-electron chi connectivity index (χ2n) is 7.17. The Morgan fingerprint density at radius 1 is 1.14 bits per heavy atom. The van der Waals surface area contributed by atoms with Gasteiger partial charge in [0.2, 0.25) is 5.91 Å². The number of para-hydroxylation sites is 1. The minimum Gasteiger partial charge on any atom is -0.368 e. The van der Waals surface area contributed by atoms with Gasteiger partial charge in [-0.1, -0.05) is 24.3 Å². The maximum Gasteiger partial charge on any atom is 0.261 e. The molecular formula is C21H21FN4O2. The number of aromatic nitrogens is 2. The number of primary amides is 1. The van der Waals surface area contributed by atoms with Crippen LogP contribution in [0.4, 0.5) is 4.39 Å². The SMILES string of the molecule is NC(=O)Cn1c(CN(Cc2ccc(F)cc2)C2CC2)nc2ccccc2c1=O. The monoisotopic (exact) mass is 380 g/mol. The van der Waals surface area contributed by atoms with Gasteiger partial charge in [0.05, 0.1) is 17.4 Å². The molecule has 4 rings (SSSR count). The maximum atomic E-state index is 13.2. The van der Waals surface area contributed by atoms with Crippen molar-refractivity contribution in [3.8, 4) is 0 Å². The number of nitrogens with two attached hydrogens (primary N) is 1. The van der Waals surface area contributed by atoms with Gasteiger partial charge in [-0.3, -0.25) is 19.1 Å². The van der Waals surface area contributed by atoms with E-state index in [0.717, 1.165) is 18.4 Å². The topological polar surface area (TPSA) is 81.2 Å². The number of benzene rings is 2. The summed E-state index contributed by atoms with van der Waals surface area (Å²) in [6.07, 6.45) is 2.13. The Kier molecular flexibility index (Phi) is 4.92. The highest BCUT2D eigenvalue weighted by atomic mass is 19.1. The summed E-state index contributed by atoms with van der Waals surface area (Å²) >= 11 is 0. The number of hydrogen-bond donors (Lipinski definition) is 1. The van der Waals surface area contributed by atoms with E-state index in [1.165, 1.54) is 16.7 Å². The highest BCUT2D eigenvalue weighted by Gasteiger charge is 2.30. The van der Waals surface area contributed by atoms with Gasteiger partial charge in [-0.05, 0) is 42.7 Å². The fourth-order valence-corrected chi connectivity index (χ4v) is 3.41. The van der Waals surface area contributed by atoms with Gasteiger partial charge in [-0.25, -0.2) is 9.37 Å². The van der Waals surface area contributed by atoms with E-state index in [2.05, 4.69) is 9.88 Å². The van der Waals surface area contributed by atoms with Crippen LogP contribution in [-0.4, -0.2) is 26.4 Å². The van der Waals surface area contributed by atoms with E-state index in [9.17, 15) is 14.0 Å². The predicted molar refractivity (Wildman–Crippen MR) is 104 cm³/mol. The molecule has 2 N–H and O–H groups in total. The third kappa shape index (κ3) is 3.94. The summed E-state index contributed by atoms with van der Waals surface area (Å²) < 4.78 is 14.6. The lowest BCUT2D eigenvalue weighted by atomic mass is 10.2. The quantitative estimate of drug-likeness (QED) is 0.681. The van der Waals surface area contributed by atoms with Crippen LogP contribution in [0.5, 0.6) is 0 Å². The molecule has 0 bridgehead atoms. The zero-order valence-electron chi connectivity index (χ0n) is 15.3. The van der Waals surface area contributed by atoms with E-state index in [-0.39, 0.29) is 17.9 Å². The lowest BCUT2D eigenvalue weighted by Crippen LogP contribution is -2.35. The van der Waals surface area contributed by atoms with E-state index in [0.29, 0.717) is 35.9 Å². The van der Waals surface area contributed by atoms with Gasteiger partial charge in [0.15, 0.2) is 0 Å². The summed E-state index contributed by atoms with van der Waals surface area (Å²) in [7, 11) is 0. The van der Waals surface area contributed by atoms with Crippen molar-refractivity contribution >= 4 is 16.8 Å². The molecule has 6 nitrogen and oxygen atoms in total. The van der Waals surface area contributed by atoms with E-state index < -0.39 is 5.91 Å². The molecule has 0 radical (unpaired) electrons. The molecule has 0 atom stereocenters. The maximum absolute atomic E-state index is 13.2. The molecular weight excluding hydrogens is 359 g/mol. The second kappa shape index (κ2) is 7.52.